The van der Waals surface area contributed by atoms with E-state index in [1.165, 1.54) is 29.7 Å². The zero-order chi connectivity index (χ0) is 12.0. The average molecular weight is 250 g/mol. The van der Waals surface area contributed by atoms with Gasteiger partial charge in [-0.05, 0) is 44.7 Å². The van der Waals surface area contributed by atoms with Gasteiger partial charge >= 0.3 is 0 Å². The molecule has 0 aromatic carbocycles. The molecule has 1 unspecified atom stereocenters. The summed E-state index contributed by atoms with van der Waals surface area (Å²) in [7, 11) is 0. The summed E-state index contributed by atoms with van der Waals surface area (Å²) in [5, 5.41) is 6.44. The van der Waals surface area contributed by atoms with Crippen LogP contribution in [0.5, 0.6) is 0 Å². The van der Waals surface area contributed by atoms with Gasteiger partial charge in [0.05, 0.1) is 11.6 Å². The predicted octanol–water partition coefficient (Wildman–Crippen LogP) is 1.78. The van der Waals surface area contributed by atoms with Crippen molar-refractivity contribution in [2.75, 3.05) is 6.54 Å². The smallest absolute Gasteiger partial charge is 0.239 e. The van der Waals surface area contributed by atoms with Crippen molar-refractivity contribution in [1.82, 2.24) is 10.6 Å². The van der Waals surface area contributed by atoms with E-state index >= 15 is 0 Å². The minimum atomic E-state index is -0.461. The Balaban J connectivity index is 1.82. The Morgan fingerprint density at radius 1 is 1.41 bits per heavy atom. The fourth-order valence-corrected chi connectivity index (χ4v) is 3.97. The van der Waals surface area contributed by atoms with Crippen LogP contribution >= 0.6 is 11.3 Å². The number of rotatable bonds is 1. The Bertz CT molecular complexity index is 442. The first kappa shape index (κ1) is 11.2. The van der Waals surface area contributed by atoms with Crippen LogP contribution in [0.15, 0.2) is 6.07 Å². The van der Waals surface area contributed by atoms with E-state index < -0.39 is 5.54 Å². The Morgan fingerprint density at radius 3 is 2.94 bits per heavy atom. The minimum absolute atomic E-state index is 0.0952. The van der Waals surface area contributed by atoms with E-state index in [4.69, 9.17) is 0 Å². The summed E-state index contributed by atoms with van der Waals surface area (Å²) in [6.45, 7) is 4.59. The van der Waals surface area contributed by atoms with Crippen LogP contribution in [-0.4, -0.2) is 18.0 Å². The zero-order valence-electron chi connectivity index (χ0n) is 10.3. The zero-order valence-corrected chi connectivity index (χ0v) is 11.1. The lowest BCUT2D eigenvalue weighted by atomic mass is 9.98. The van der Waals surface area contributed by atoms with Crippen LogP contribution in [0.25, 0.3) is 0 Å². The maximum absolute atomic E-state index is 11.7. The molecular formula is C13H18N2OS. The second-order valence-electron chi connectivity index (χ2n) is 5.48. The number of thiophene rings is 1. The van der Waals surface area contributed by atoms with Crippen LogP contribution in [0.2, 0.25) is 0 Å². The fraction of sp³-hybridized carbons (Fsp3) is 0.615. The first-order chi connectivity index (χ1) is 8.06. The van der Waals surface area contributed by atoms with Crippen molar-refractivity contribution in [3.63, 3.8) is 0 Å². The Kier molecular flexibility index (Phi) is 2.52. The van der Waals surface area contributed by atoms with E-state index in [0.29, 0.717) is 6.54 Å². The molecule has 1 atom stereocenters. The number of piperazine rings is 1. The van der Waals surface area contributed by atoms with Crippen molar-refractivity contribution < 1.29 is 4.79 Å². The van der Waals surface area contributed by atoms with Gasteiger partial charge in [0, 0.05) is 16.3 Å². The Labute approximate surface area is 106 Å². The maximum atomic E-state index is 11.7. The highest BCUT2D eigenvalue weighted by atomic mass is 32.1. The lowest BCUT2D eigenvalue weighted by molar-refractivity contribution is -0.128. The molecule has 1 aliphatic heterocycles. The number of nitrogens with one attached hydrogen (secondary N) is 2. The highest BCUT2D eigenvalue weighted by molar-refractivity contribution is 7.12. The van der Waals surface area contributed by atoms with Crippen molar-refractivity contribution >= 4 is 17.2 Å². The standard InChI is InChI=1S/C13H18N2OS/c1-13(2)12(16)14-7-9(15-13)11-6-8-4-3-5-10(8)17-11/h6,9,15H,3-5,7H2,1-2H3,(H,14,16). The molecule has 1 aliphatic carbocycles. The van der Waals surface area contributed by atoms with Gasteiger partial charge in [-0.25, -0.2) is 0 Å². The number of carbonyl (C=O) groups is 1. The quantitative estimate of drug-likeness (QED) is 0.797. The van der Waals surface area contributed by atoms with E-state index in [1.807, 2.05) is 25.2 Å². The largest absolute Gasteiger partial charge is 0.353 e. The van der Waals surface area contributed by atoms with Crippen molar-refractivity contribution in [1.29, 1.82) is 0 Å². The van der Waals surface area contributed by atoms with Crippen LogP contribution in [-0.2, 0) is 17.6 Å². The van der Waals surface area contributed by atoms with Crippen LogP contribution in [0.1, 0.15) is 41.6 Å². The molecule has 1 aromatic rings. The minimum Gasteiger partial charge on any atom is -0.353 e. The molecule has 1 saturated heterocycles. The lowest BCUT2D eigenvalue weighted by Crippen LogP contribution is -2.60. The first-order valence-corrected chi connectivity index (χ1v) is 7.05. The van der Waals surface area contributed by atoms with Gasteiger partial charge < -0.3 is 5.32 Å². The van der Waals surface area contributed by atoms with Crippen molar-refractivity contribution in [2.45, 2.75) is 44.7 Å². The van der Waals surface area contributed by atoms with Gasteiger partial charge in [0.1, 0.15) is 0 Å². The van der Waals surface area contributed by atoms with E-state index in [0.717, 1.165) is 0 Å². The van der Waals surface area contributed by atoms with Gasteiger partial charge in [-0.1, -0.05) is 0 Å². The predicted molar refractivity (Wildman–Crippen MR) is 69.3 cm³/mol. The first-order valence-electron chi connectivity index (χ1n) is 6.24. The van der Waals surface area contributed by atoms with Crippen LogP contribution in [0.3, 0.4) is 0 Å². The molecule has 2 heterocycles. The summed E-state index contributed by atoms with van der Waals surface area (Å²) in [4.78, 5) is 14.6. The second kappa shape index (κ2) is 3.82. The number of aryl methyl sites for hydroxylation is 2. The molecule has 4 heteroatoms. The Hall–Kier alpha value is -0.870. The molecule has 0 spiro atoms. The van der Waals surface area contributed by atoms with E-state index in [9.17, 15) is 4.79 Å². The highest BCUT2D eigenvalue weighted by Gasteiger charge is 2.36. The molecule has 1 aromatic heterocycles. The number of amides is 1. The molecule has 1 fully saturated rings. The molecule has 92 valence electrons. The molecule has 3 nitrogen and oxygen atoms in total. The van der Waals surface area contributed by atoms with Crippen molar-refractivity contribution in [3.05, 3.63) is 21.4 Å². The summed E-state index contributed by atoms with van der Waals surface area (Å²) >= 11 is 1.92. The average Bonchev–Trinajstić information content (AvgIpc) is 2.81. The third-order valence-corrected chi connectivity index (χ3v) is 5.03. The second-order valence-corrected chi connectivity index (χ2v) is 6.65. The maximum Gasteiger partial charge on any atom is 0.239 e. The summed E-state index contributed by atoms with van der Waals surface area (Å²) in [6, 6.07) is 2.61. The topological polar surface area (TPSA) is 41.1 Å². The molecule has 2 N–H and O–H groups in total. The third-order valence-electron chi connectivity index (χ3n) is 3.68. The molecule has 2 aliphatic rings. The third kappa shape index (κ3) is 1.89. The molecule has 0 radical (unpaired) electrons. The van der Waals surface area contributed by atoms with Gasteiger partial charge in [0.25, 0.3) is 0 Å². The van der Waals surface area contributed by atoms with Crippen LogP contribution in [0, 0.1) is 0 Å². The van der Waals surface area contributed by atoms with Gasteiger partial charge in [-0.2, -0.15) is 0 Å². The lowest BCUT2D eigenvalue weighted by Gasteiger charge is -2.35. The molecular weight excluding hydrogens is 232 g/mol. The SMILES string of the molecule is CC1(C)NC(c2cc3c(s2)CCC3)CNC1=O. The molecule has 1 amide bonds. The summed E-state index contributed by atoms with van der Waals surface area (Å²) < 4.78 is 0. The van der Waals surface area contributed by atoms with Crippen molar-refractivity contribution in [2.24, 2.45) is 0 Å². The number of hydrogen-bond donors (Lipinski definition) is 2. The Morgan fingerprint density at radius 2 is 2.24 bits per heavy atom. The summed E-state index contributed by atoms with van der Waals surface area (Å²) in [6.07, 6.45) is 3.78. The van der Waals surface area contributed by atoms with Gasteiger partial charge in [0.2, 0.25) is 5.91 Å². The van der Waals surface area contributed by atoms with E-state index in [-0.39, 0.29) is 11.9 Å². The van der Waals surface area contributed by atoms with Gasteiger partial charge in [-0.3, -0.25) is 10.1 Å². The van der Waals surface area contributed by atoms with E-state index in [1.54, 1.807) is 4.88 Å². The number of carbonyl (C=O) groups excluding carboxylic acids is 1. The number of hydrogen-bond acceptors (Lipinski definition) is 3. The monoisotopic (exact) mass is 250 g/mol. The van der Waals surface area contributed by atoms with Crippen molar-refractivity contribution in [3.8, 4) is 0 Å². The number of fused-ring (bicyclic) bond motifs is 1. The summed E-state index contributed by atoms with van der Waals surface area (Å²) in [5.41, 5.74) is 1.07. The van der Waals surface area contributed by atoms with E-state index in [2.05, 4.69) is 16.7 Å². The normalized spacial score (nSPS) is 26.7. The highest BCUT2D eigenvalue weighted by Crippen LogP contribution is 2.34. The summed E-state index contributed by atoms with van der Waals surface area (Å²) in [5.74, 6) is 0.0952. The van der Waals surface area contributed by atoms with Crippen LogP contribution < -0.4 is 10.6 Å². The molecule has 17 heavy (non-hydrogen) atoms. The van der Waals surface area contributed by atoms with Crippen LogP contribution in [0.4, 0.5) is 0 Å². The van der Waals surface area contributed by atoms with Gasteiger partial charge in [0.15, 0.2) is 0 Å². The molecule has 3 rings (SSSR count). The van der Waals surface area contributed by atoms with Gasteiger partial charge in [-0.15, -0.1) is 11.3 Å². The fourth-order valence-electron chi connectivity index (χ4n) is 2.66. The molecule has 0 bridgehead atoms. The molecule has 0 saturated carbocycles.